The first kappa shape index (κ1) is 20.5. The van der Waals surface area contributed by atoms with Crippen LogP contribution in [0.25, 0.3) is 0 Å². The molecule has 0 unspecified atom stereocenters. The van der Waals surface area contributed by atoms with Crippen molar-refractivity contribution >= 4 is 39.0 Å². The molecule has 0 bridgehead atoms. The van der Waals surface area contributed by atoms with Crippen LogP contribution < -0.4 is 15.4 Å². The Bertz CT molecular complexity index is 1050. The maximum absolute atomic E-state index is 12.5. The molecule has 29 heavy (non-hydrogen) atoms. The molecule has 2 aromatic carbocycles. The van der Waals surface area contributed by atoms with Crippen molar-refractivity contribution in [3.8, 4) is 0 Å². The van der Waals surface area contributed by atoms with Crippen molar-refractivity contribution in [3.63, 3.8) is 0 Å². The van der Waals surface area contributed by atoms with Crippen molar-refractivity contribution < 1.29 is 18.0 Å². The average Bonchev–Trinajstić information content (AvgIpc) is 3.15. The van der Waals surface area contributed by atoms with Gasteiger partial charge < -0.3 is 10.6 Å². The Balaban J connectivity index is 1.63. The van der Waals surface area contributed by atoms with E-state index in [-0.39, 0.29) is 23.1 Å². The summed E-state index contributed by atoms with van der Waals surface area (Å²) in [4.78, 5) is 27.5. The van der Waals surface area contributed by atoms with E-state index in [1.165, 1.54) is 19.1 Å². The Morgan fingerprint density at radius 3 is 2.45 bits per heavy atom. The molecule has 0 radical (unpaired) electrons. The third-order valence-corrected chi connectivity index (χ3v) is 5.57. The van der Waals surface area contributed by atoms with Crippen molar-refractivity contribution in [2.45, 2.75) is 31.1 Å². The molecule has 0 saturated heterocycles. The standard InChI is InChI=1S/C20H22N4O4S/c1-14(25)22-16-9-7-15(8-10-16)12-20(26)23-17-4-2-5-18(13-17)29(27,28)24-19-6-3-11-21-19/h2,4-5,7-10,13H,3,6,11-12H2,1H3,(H,21,24)(H,22,25)(H,23,26). The fraction of sp³-hybridized carbons (Fsp3) is 0.250. The van der Waals surface area contributed by atoms with Crippen LogP contribution in [0.1, 0.15) is 25.3 Å². The number of hydrogen-bond donors (Lipinski definition) is 3. The smallest absolute Gasteiger partial charge is 0.262 e. The van der Waals surface area contributed by atoms with Gasteiger partial charge in [0.2, 0.25) is 11.8 Å². The number of anilines is 2. The summed E-state index contributed by atoms with van der Waals surface area (Å²) in [5, 5.41) is 5.37. The normalized spacial score (nSPS) is 13.5. The number of aliphatic imine (C=N–C) groups is 1. The molecular weight excluding hydrogens is 392 g/mol. The molecule has 2 amide bonds. The van der Waals surface area contributed by atoms with Gasteiger partial charge in [0.25, 0.3) is 10.0 Å². The first-order valence-electron chi connectivity index (χ1n) is 9.14. The van der Waals surface area contributed by atoms with Gasteiger partial charge in [-0.3, -0.25) is 19.3 Å². The molecule has 1 aliphatic heterocycles. The molecule has 3 N–H and O–H groups in total. The molecule has 0 aromatic heterocycles. The lowest BCUT2D eigenvalue weighted by atomic mass is 10.1. The van der Waals surface area contributed by atoms with Crippen LogP contribution in [0.5, 0.6) is 0 Å². The lowest BCUT2D eigenvalue weighted by Crippen LogP contribution is -2.29. The quantitative estimate of drug-likeness (QED) is 0.672. The SMILES string of the molecule is CC(=O)Nc1ccc(CC(=O)Nc2cccc(S(=O)(=O)NC3=NCCC3)c2)cc1. The van der Waals surface area contributed by atoms with E-state index in [1.807, 2.05) is 0 Å². The van der Waals surface area contributed by atoms with Crippen molar-refractivity contribution in [1.29, 1.82) is 0 Å². The second-order valence-electron chi connectivity index (χ2n) is 6.67. The number of amides is 2. The van der Waals surface area contributed by atoms with Crippen LogP contribution in [-0.2, 0) is 26.0 Å². The molecule has 0 spiro atoms. The number of rotatable bonds is 6. The van der Waals surface area contributed by atoms with E-state index < -0.39 is 10.0 Å². The molecule has 8 nitrogen and oxygen atoms in total. The maximum atomic E-state index is 12.5. The molecule has 0 fully saturated rings. The second-order valence-corrected chi connectivity index (χ2v) is 8.35. The lowest BCUT2D eigenvalue weighted by Gasteiger charge is -2.10. The predicted octanol–water partition coefficient (Wildman–Crippen LogP) is 2.30. The highest BCUT2D eigenvalue weighted by atomic mass is 32.2. The number of nitrogens with zero attached hydrogens (tertiary/aromatic N) is 1. The van der Waals surface area contributed by atoms with Gasteiger partial charge in [0.15, 0.2) is 0 Å². The number of sulfonamides is 1. The zero-order chi connectivity index (χ0) is 20.9. The summed E-state index contributed by atoms with van der Waals surface area (Å²) in [5.41, 5.74) is 1.81. The van der Waals surface area contributed by atoms with Crippen molar-refractivity contribution in [3.05, 3.63) is 54.1 Å². The van der Waals surface area contributed by atoms with Crippen molar-refractivity contribution in [1.82, 2.24) is 4.72 Å². The van der Waals surface area contributed by atoms with E-state index in [2.05, 4.69) is 20.3 Å². The maximum Gasteiger partial charge on any atom is 0.262 e. The Labute approximate surface area is 169 Å². The van der Waals surface area contributed by atoms with Crippen LogP contribution in [0.4, 0.5) is 11.4 Å². The monoisotopic (exact) mass is 414 g/mol. The molecule has 152 valence electrons. The van der Waals surface area contributed by atoms with Crippen molar-refractivity contribution in [2.24, 2.45) is 4.99 Å². The highest BCUT2D eigenvalue weighted by Crippen LogP contribution is 2.17. The second kappa shape index (κ2) is 8.87. The minimum Gasteiger partial charge on any atom is -0.326 e. The molecule has 0 saturated carbocycles. The van der Waals surface area contributed by atoms with E-state index in [4.69, 9.17) is 0 Å². The fourth-order valence-corrected chi connectivity index (χ4v) is 4.01. The zero-order valence-corrected chi connectivity index (χ0v) is 16.8. The summed E-state index contributed by atoms with van der Waals surface area (Å²) in [6.07, 6.45) is 1.56. The lowest BCUT2D eigenvalue weighted by molar-refractivity contribution is -0.116. The van der Waals surface area contributed by atoms with Crippen LogP contribution >= 0.6 is 0 Å². The summed E-state index contributed by atoms with van der Waals surface area (Å²) in [5.74, 6) is 0.0157. The fourth-order valence-electron chi connectivity index (χ4n) is 2.88. The number of hydrogen-bond acceptors (Lipinski definition) is 5. The zero-order valence-electron chi connectivity index (χ0n) is 15.9. The molecule has 3 rings (SSSR count). The minimum absolute atomic E-state index is 0.0598. The minimum atomic E-state index is -3.74. The van der Waals surface area contributed by atoms with Crippen molar-refractivity contribution in [2.75, 3.05) is 17.2 Å². The third-order valence-electron chi connectivity index (χ3n) is 4.19. The third kappa shape index (κ3) is 5.89. The van der Waals surface area contributed by atoms with E-state index in [1.54, 1.807) is 36.4 Å². The predicted molar refractivity (Wildman–Crippen MR) is 111 cm³/mol. The van der Waals surface area contributed by atoms with Gasteiger partial charge in [-0.15, -0.1) is 0 Å². The van der Waals surface area contributed by atoms with Gasteiger partial charge in [0, 0.05) is 31.3 Å². The summed E-state index contributed by atoms with van der Waals surface area (Å²) in [6.45, 7) is 2.05. The average molecular weight is 414 g/mol. The molecule has 2 aromatic rings. The number of amidine groups is 1. The summed E-state index contributed by atoms with van der Waals surface area (Å²) in [7, 11) is -3.74. The molecule has 9 heteroatoms. The molecule has 1 heterocycles. The van der Waals surface area contributed by atoms with E-state index in [0.29, 0.717) is 30.2 Å². The van der Waals surface area contributed by atoms with Crippen LogP contribution in [0.2, 0.25) is 0 Å². The Morgan fingerprint density at radius 2 is 1.79 bits per heavy atom. The topological polar surface area (TPSA) is 117 Å². The van der Waals surface area contributed by atoms with Gasteiger partial charge in [0.05, 0.1) is 11.3 Å². The molecule has 0 aliphatic carbocycles. The highest BCUT2D eigenvalue weighted by Gasteiger charge is 2.18. The molecule has 0 atom stereocenters. The van der Waals surface area contributed by atoms with Crippen LogP contribution in [0, 0.1) is 0 Å². The van der Waals surface area contributed by atoms with Gasteiger partial charge in [0.1, 0.15) is 5.84 Å². The Morgan fingerprint density at radius 1 is 1.03 bits per heavy atom. The Hall–Kier alpha value is -3.20. The van der Waals surface area contributed by atoms with Crippen LogP contribution in [0.3, 0.4) is 0 Å². The van der Waals surface area contributed by atoms with Crippen LogP contribution in [0.15, 0.2) is 58.4 Å². The molecule has 1 aliphatic rings. The summed E-state index contributed by atoms with van der Waals surface area (Å²) in [6, 6.07) is 13.0. The molecular formula is C20H22N4O4S. The number of benzene rings is 2. The van der Waals surface area contributed by atoms with Gasteiger partial charge >= 0.3 is 0 Å². The van der Waals surface area contributed by atoms with E-state index in [0.717, 1.165) is 12.0 Å². The number of carbonyl (C=O) groups excluding carboxylic acids is 2. The van der Waals surface area contributed by atoms with E-state index in [9.17, 15) is 18.0 Å². The van der Waals surface area contributed by atoms with Gasteiger partial charge in [-0.2, -0.15) is 0 Å². The van der Waals surface area contributed by atoms with Crippen LogP contribution in [-0.4, -0.2) is 32.6 Å². The number of carbonyl (C=O) groups is 2. The first-order valence-corrected chi connectivity index (χ1v) is 10.6. The highest BCUT2D eigenvalue weighted by molar-refractivity contribution is 7.90. The number of nitrogens with one attached hydrogen (secondary N) is 3. The summed E-state index contributed by atoms with van der Waals surface area (Å²) < 4.78 is 27.5. The van der Waals surface area contributed by atoms with E-state index >= 15 is 0 Å². The van der Waals surface area contributed by atoms with Gasteiger partial charge in [-0.05, 0) is 42.3 Å². The summed E-state index contributed by atoms with van der Waals surface area (Å²) >= 11 is 0. The van der Waals surface area contributed by atoms with Gasteiger partial charge in [-0.25, -0.2) is 8.42 Å². The first-order chi connectivity index (χ1) is 13.8. The van der Waals surface area contributed by atoms with Gasteiger partial charge in [-0.1, -0.05) is 18.2 Å². The Kier molecular flexibility index (Phi) is 6.28. The largest absolute Gasteiger partial charge is 0.326 e.